The summed E-state index contributed by atoms with van der Waals surface area (Å²) in [6, 6.07) is 7.24. The standard InChI is InChI=1S/C15H12F3NO/c1-2-19(12-5-3-11(16)4-6-12)15-13(17)7-10(9-20)8-14(15)18/h3-9H,2H2,1H3. The molecule has 0 bridgehead atoms. The van der Waals surface area contributed by atoms with Crippen LogP contribution < -0.4 is 4.90 Å². The third-order valence-corrected chi connectivity index (χ3v) is 2.90. The molecule has 0 aliphatic heterocycles. The zero-order chi connectivity index (χ0) is 14.7. The second kappa shape index (κ2) is 5.77. The molecule has 0 N–H and O–H groups in total. The number of carbonyl (C=O) groups excluding carboxylic acids is 1. The molecule has 2 aromatic carbocycles. The van der Waals surface area contributed by atoms with Crippen LogP contribution in [-0.4, -0.2) is 12.8 Å². The first-order valence-corrected chi connectivity index (χ1v) is 6.04. The number of hydrogen-bond acceptors (Lipinski definition) is 2. The van der Waals surface area contributed by atoms with Crippen molar-refractivity contribution in [3.8, 4) is 0 Å². The summed E-state index contributed by atoms with van der Waals surface area (Å²) in [7, 11) is 0. The summed E-state index contributed by atoms with van der Waals surface area (Å²) in [6.45, 7) is 2.01. The molecule has 0 fully saturated rings. The maximum atomic E-state index is 14.0. The van der Waals surface area contributed by atoms with Gasteiger partial charge in [-0.25, -0.2) is 13.2 Å². The molecule has 2 aromatic rings. The lowest BCUT2D eigenvalue weighted by Crippen LogP contribution is -2.19. The van der Waals surface area contributed by atoms with Crippen LogP contribution in [0.25, 0.3) is 0 Å². The molecule has 0 amide bonds. The molecule has 0 radical (unpaired) electrons. The highest BCUT2D eigenvalue weighted by molar-refractivity contribution is 5.77. The van der Waals surface area contributed by atoms with E-state index in [1.807, 2.05) is 0 Å². The highest BCUT2D eigenvalue weighted by atomic mass is 19.1. The van der Waals surface area contributed by atoms with E-state index in [2.05, 4.69) is 0 Å². The number of anilines is 2. The van der Waals surface area contributed by atoms with Crippen LogP contribution in [0.5, 0.6) is 0 Å². The number of hydrogen-bond donors (Lipinski definition) is 0. The minimum absolute atomic E-state index is 0.0705. The number of aldehydes is 1. The van der Waals surface area contributed by atoms with Crippen LogP contribution in [0.4, 0.5) is 24.5 Å². The van der Waals surface area contributed by atoms with E-state index in [0.29, 0.717) is 18.5 Å². The topological polar surface area (TPSA) is 20.3 Å². The van der Waals surface area contributed by atoms with Gasteiger partial charge in [-0.15, -0.1) is 0 Å². The van der Waals surface area contributed by atoms with Crippen molar-refractivity contribution in [2.45, 2.75) is 6.92 Å². The molecular weight excluding hydrogens is 267 g/mol. The molecule has 0 aliphatic rings. The molecule has 2 nitrogen and oxygen atoms in total. The first kappa shape index (κ1) is 14.1. The minimum Gasteiger partial charge on any atom is -0.337 e. The summed E-state index contributed by atoms with van der Waals surface area (Å²) in [5.74, 6) is -2.10. The lowest BCUT2D eigenvalue weighted by Gasteiger charge is -2.24. The van der Waals surface area contributed by atoms with Gasteiger partial charge in [-0.2, -0.15) is 0 Å². The van der Waals surface area contributed by atoms with E-state index < -0.39 is 17.5 Å². The van der Waals surface area contributed by atoms with Crippen molar-refractivity contribution in [1.29, 1.82) is 0 Å². The Morgan fingerprint density at radius 3 is 2.05 bits per heavy atom. The maximum Gasteiger partial charge on any atom is 0.150 e. The van der Waals surface area contributed by atoms with Crippen molar-refractivity contribution < 1.29 is 18.0 Å². The summed E-state index contributed by atoms with van der Waals surface area (Å²) in [5, 5.41) is 0. The van der Waals surface area contributed by atoms with Gasteiger partial charge in [-0.1, -0.05) is 0 Å². The van der Waals surface area contributed by atoms with E-state index in [0.717, 1.165) is 12.1 Å². The molecule has 104 valence electrons. The predicted molar refractivity (Wildman–Crippen MR) is 70.8 cm³/mol. The Labute approximate surface area is 114 Å². The molecule has 0 spiro atoms. The third-order valence-electron chi connectivity index (χ3n) is 2.90. The predicted octanol–water partition coefficient (Wildman–Crippen LogP) is 4.07. The van der Waals surface area contributed by atoms with Crippen LogP contribution in [0.1, 0.15) is 17.3 Å². The molecular formula is C15H12F3NO. The third kappa shape index (κ3) is 2.66. The van der Waals surface area contributed by atoms with E-state index in [-0.39, 0.29) is 11.3 Å². The number of nitrogens with zero attached hydrogens (tertiary/aromatic N) is 1. The number of carbonyl (C=O) groups is 1. The van der Waals surface area contributed by atoms with Crippen molar-refractivity contribution in [2.75, 3.05) is 11.4 Å². The normalized spacial score (nSPS) is 10.4. The molecule has 5 heteroatoms. The maximum absolute atomic E-state index is 14.0. The Hall–Kier alpha value is -2.30. The zero-order valence-corrected chi connectivity index (χ0v) is 10.7. The van der Waals surface area contributed by atoms with Crippen LogP contribution in [0.15, 0.2) is 36.4 Å². The van der Waals surface area contributed by atoms with Crippen LogP contribution >= 0.6 is 0 Å². The van der Waals surface area contributed by atoms with E-state index in [1.54, 1.807) is 6.92 Å². The van der Waals surface area contributed by atoms with Gasteiger partial charge in [0.05, 0.1) is 0 Å². The molecule has 0 saturated carbocycles. The Kier molecular flexibility index (Phi) is 4.08. The molecule has 0 aromatic heterocycles. The van der Waals surface area contributed by atoms with E-state index in [1.165, 1.54) is 29.2 Å². The highest BCUT2D eigenvalue weighted by Gasteiger charge is 2.18. The van der Waals surface area contributed by atoms with E-state index in [9.17, 15) is 18.0 Å². The Bertz CT molecular complexity index is 603. The smallest absolute Gasteiger partial charge is 0.150 e. The molecule has 20 heavy (non-hydrogen) atoms. The van der Waals surface area contributed by atoms with Crippen LogP contribution in [-0.2, 0) is 0 Å². The summed E-state index contributed by atoms with van der Waals surface area (Å²) in [6.07, 6.45) is 0.379. The lowest BCUT2D eigenvalue weighted by atomic mass is 10.1. The fourth-order valence-corrected chi connectivity index (χ4v) is 2.00. The molecule has 0 atom stereocenters. The second-order valence-corrected chi connectivity index (χ2v) is 4.17. The van der Waals surface area contributed by atoms with Crippen LogP contribution in [0, 0.1) is 17.5 Å². The van der Waals surface area contributed by atoms with Crippen molar-refractivity contribution in [3.05, 3.63) is 59.4 Å². The van der Waals surface area contributed by atoms with Gasteiger partial charge >= 0.3 is 0 Å². The summed E-state index contributed by atoms with van der Waals surface area (Å²) in [4.78, 5) is 12.0. The Morgan fingerprint density at radius 1 is 1.05 bits per heavy atom. The van der Waals surface area contributed by atoms with Gasteiger partial charge in [0, 0.05) is 17.8 Å². The van der Waals surface area contributed by atoms with Gasteiger partial charge in [0.2, 0.25) is 0 Å². The SMILES string of the molecule is CCN(c1ccc(F)cc1)c1c(F)cc(C=O)cc1F. The Balaban J connectivity index is 2.52. The lowest BCUT2D eigenvalue weighted by molar-refractivity contribution is 0.112. The second-order valence-electron chi connectivity index (χ2n) is 4.17. The summed E-state index contributed by atoms with van der Waals surface area (Å²) < 4.78 is 40.9. The van der Waals surface area contributed by atoms with Crippen molar-refractivity contribution in [3.63, 3.8) is 0 Å². The summed E-state index contributed by atoms with van der Waals surface area (Å²) >= 11 is 0. The molecule has 0 saturated heterocycles. The fraction of sp³-hybridized carbons (Fsp3) is 0.133. The van der Waals surface area contributed by atoms with Crippen molar-refractivity contribution >= 4 is 17.7 Å². The van der Waals surface area contributed by atoms with Gasteiger partial charge in [-0.3, -0.25) is 4.79 Å². The van der Waals surface area contributed by atoms with Crippen LogP contribution in [0.2, 0.25) is 0 Å². The van der Waals surface area contributed by atoms with E-state index in [4.69, 9.17) is 0 Å². The number of benzene rings is 2. The fourth-order valence-electron chi connectivity index (χ4n) is 2.00. The van der Waals surface area contributed by atoms with Gasteiger partial charge in [0.1, 0.15) is 17.8 Å². The average Bonchev–Trinajstić information content (AvgIpc) is 2.43. The molecule has 0 aliphatic carbocycles. The van der Waals surface area contributed by atoms with Gasteiger partial charge in [0.15, 0.2) is 11.6 Å². The van der Waals surface area contributed by atoms with Gasteiger partial charge in [-0.05, 0) is 43.3 Å². The largest absolute Gasteiger partial charge is 0.337 e. The molecule has 0 unspecified atom stereocenters. The number of halogens is 3. The van der Waals surface area contributed by atoms with E-state index >= 15 is 0 Å². The van der Waals surface area contributed by atoms with Crippen LogP contribution in [0.3, 0.4) is 0 Å². The zero-order valence-electron chi connectivity index (χ0n) is 10.7. The summed E-state index contributed by atoms with van der Waals surface area (Å²) in [5.41, 5.74) is 0.133. The van der Waals surface area contributed by atoms with Gasteiger partial charge < -0.3 is 4.90 Å². The number of rotatable bonds is 4. The van der Waals surface area contributed by atoms with Crippen molar-refractivity contribution in [1.82, 2.24) is 0 Å². The first-order valence-electron chi connectivity index (χ1n) is 6.04. The molecule has 0 heterocycles. The van der Waals surface area contributed by atoms with Crippen molar-refractivity contribution in [2.24, 2.45) is 0 Å². The van der Waals surface area contributed by atoms with Gasteiger partial charge in [0.25, 0.3) is 0 Å². The molecule has 2 rings (SSSR count). The monoisotopic (exact) mass is 279 g/mol. The average molecular weight is 279 g/mol. The Morgan fingerprint density at radius 2 is 1.60 bits per heavy atom. The minimum atomic E-state index is -0.835. The highest BCUT2D eigenvalue weighted by Crippen LogP contribution is 2.31. The first-order chi connectivity index (χ1) is 9.56. The quantitative estimate of drug-likeness (QED) is 0.786.